The van der Waals surface area contributed by atoms with Crippen LogP contribution in [0.5, 0.6) is 5.75 Å². The van der Waals surface area contributed by atoms with Gasteiger partial charge in [0.2, 0.25) is 0 Å². The summed E-state index contributed by atoms with van der Waals surface area (Å²) in [5.74, 6) is 1.47. The van der Waals surface area contributed by atoms with Gasteiger partial charge in [-0.3, -0.25) is 0 Å². The molecule has 2 rings (SSSR count). The average Bonchev–Trinajstić information content (AvgIpc) is 2.77. The number of anilines is 1. The van der Waals surface area contributed by atoms with Gasteiger partial charge in [-0.2, -0.15) is 0 Å². The van der Waals surface area contributed by atoms with Crippen LogP contribution in [0.3, 0.4) is 0 Å². The highest BCUT2D eigenvalue weighted by Gasteiger charge is 2.02. The number of nitrogens with zero attached hydrogens (tertiary/aromatic N) is 1. The van der Waals surface area contributed by atoms with Crippen molar-refractivity contribution in [3.8, 4) is 17.0 Å². The highest BCUT2D eigenvalue weighted by Crippen LogP contribution is 2.24. The van der Waals surface area contributed by atoms with Gasteiger partial charge in [0, 0.05) is 16.8 Å². The van der Waals surface area contributed by atoms with Gasteiger partial charge in [-0.05, 0) is 30.7 Å². The third-order valence-electron chi connectivity index (χ3n) is 2.22. The van der Waals surface area contributed by atoms with Crippen LogP contribution in [0.1, 0.15) is 6.42 Å². The minimum Gasteiger partial charge on any atom is -0.494 e. The number of rotatable bonds is 5. The molecule has 0 bridgehead atoms. The van der Waals surface area contributed by atoms with Gasteiger partial charge in [0.25, 0.3) is 0 Å². The van der Waals surface area contributed by atoms with E-state index in [9.17, 15) is 0 Å². The van der Waals surface area contributed by atoms with Crippen molar-refractivity contribution in [1.29, 1.82) is 0 Å². The molecule has 2 aromatic rings. The molecule has 0 aliphatic heterocycles. The van der Waals surface area contributed by atoms with E-state index in [1.807, 2.05) is 29.6 Å². The van der Waals surface area contributed by atoms with Gasteiger partial charge >= 0.3 is 0 Å². The fourth-order valence-corrected chi connectivity index (χ4v) is 2.07. The molecule has 3 nitrogen and oxygen atoms in total. The van der Waals surface area contributed by atoms with E-state index >= 15 is 0 Å². The molecule has 0 aliphatic carbocycles. The lowest BCUT2D eigenvalue weighted by atomic mass is 10.2. The van der Waals surface area contributed by atoms with E-state index < -0.39 is 0 Å². The Kier molecular flexibility index (Phi) is 4.23. The first kappa shape index (κ1) is 12.2. The molecule has 5 heteroatoms. The third-order valence-corrected chi connectivity index (χ3v) is 3.16. The van der Waals surface area contributed by atoms with Gasteiger partial charge in [-0.1, -0.05) is 0 Å². The van der Waals surface area contributed by atoms with Crippen LogP contribution < -0.4 is 10.5 Å². The van der Waals surface area contributed by atoms with Crippen LogP contribution in [-0.2, 0) is 0 Å². The van der Waals surface area contributed by atoms with Crippen LogP contribution in [0.15, 0.2) is 29.6 Å². The van der Waals surface area contributed by atoms with E-state index in [2.05, 4.69) is 4.98 Å². The van der Waals surface area contributed by atoms with E-state index in [0.29, 0.717) is 17.6 Å². The molecule has 0 aliphatic rings. The summed E-state index contributed by atoms with van der Waals surface area (Å²) in [4.78, 5) is 4.22. The number of thiazole rings is 1. The lowest BCUT2D eigenvalue weighted by Gasteiger charge is -2.05. The fraction of sp³-hybridized carbons (Fsp3) is 0.250. The predicted octanol–water partition coefficient (Wildman–Crippen LogP) is 3.40. The number of halogens is 1. The van der Waals surface area contributed by atoms with Crippen molar-refractivity contribution in [2.45, 2.75) is 6.42 Å². The van der Waals surface area contributed by atoms with E-state index in [1.54, 1.807) is 0 Å². The van der Waals surface area contributed by atoms with E-state index in [-0.39, 0.29) is 0 Å². The second kappa shape index (κ2) is 5.89. The van der Waals surface area contributed by atoms with Gasteiger partial charge in [-0.25, -0.2) is 4.98 Å². The summed E-state index contributed by atoms with van der Waals surface area (Å²) in [5.41, 5.74) is 7.54. The fourth-order valence-electron chi connectivity index (χ4n) is 1.39. The molecule has 0 saturated heterocycles. The summed E-state index contributed by atoms with van der Waals surface area (Å²) < 4.78 is 5.52. The molecule has 0 amide bonds. The van der Waals surface area contributed by atoms with Crippen LogP contribution in [-0.4, -0.2) is 17.5 Å². The molecule has 0 unspecified atom stereocenters. The Bertz CT molecular complexity index is 470. The van der Waals surface area contributed by atoms with Crippen LogP contribution in [0.25, 0.3) is 11.3 Å². The first-order valence-corrected chi connectivity index (χ1v) is 6.71. The number of alkyl halides is 1. The van der Waals surface area contributed by atoms with Crippen molar-refractivity contribution in [3.63, 3.8) is 0 Å². The number of hydrogen-bond donors (Lipinski definition) is 1. The van der Waals surface area contributed by atoms with Crippen LogP contribution in [0.2, 0.25) is 0 Å². The SMILES string of the molecule is Nc1nc(-c2ccc(OCCCCl)cc2)cs1. The molecule has 90 valence electrons. The van der Waals surface area contributed by atoms with Crippen molar-refractivity contribution >= 4 is 28.1 Å². The molecule has 0 radical (unpaired) electrons. The minimum absolute atomic E-state index is 0.586. The number of aromatic nitrogens is 1. The Morgan fingerprint density at radius 3 is 2.65 bits per heavy atom. The van der Waals surface area contributed by atoms with Gasteiger partial charge in [-0.15, -0.1) is 22.9 Å². The molecule has 17 heavy (non-hydrogen) atoms. The first-order valence-electron chi connectivity index (χ1n) is 5.30. The van der Waals surface area contributed by atoms with Crippen molar-refractivity contribution < 1.29 is 4.74 Å². The highest BCUT2D eigenvalue weighted by molar-refractivity contribution is 7.13. The summed E-state index contributed by atoms with van der Waals surface area (Å²) in [5, 5.41) is 2.53. The monoisotopic (exact) mass is 268 g/mol. The average molecular weight is 269 g/mol. The zero-order chi connectivity index (χ0) is 12.1. The number of nitrogens with two attached hydrogens (primary N) is 1. The van der Waals surface area contributed by atoms with Gasteiger partial charge < -0.3 is 10.5 Å². The molecular weight excluding hydrogens is 256 g/mol. The Balaban J connectivity index is 2.02. The number of ether oxygens (including phenoxy) is 1. The van der Waals surface area contributed by atoms with Gasteiger partial charge in [0.1, 0.15) is 5.75 Å². The van der Waals surface area contributed by atoms with E-state index in [1.165, 1.54) is 11.3 Å². The first-order chi connectivity index (χ1) is 8.29. The Morgan fingerprint density at radius 1 is 1.29 bits per heavy atom. The summed E-state index contributed by atoms with van der Waals surface area (Å²) in [7, 11) is 0. The van der Waals surface area contributed by atoms with Crippen LogP contribution >= 0.6 is 22.9 Å². The third kappa shape index (κ3) is 3.35. The van der Waals surface area contributed by atoms with Crippen molar-refractivity contribution in [3.05, 3.63) is 29.6 Å². The number of benzene rings is 1. The molecule has 0 spiro atoms. The van der Waals surface area contributed by atoms with Gasteiger partial charge in [0.05, 0.1) is 12.3 Å². The zero-order valence-corrected chi connectivity index (χ0v) is 10.8. The van der Waals surface area contributed by atoms with E-state index in [0.717, 1.165) is 23.4 Å². The zero-order valence-electron chi connectivity index (χ0n) is 9.23. The van der Waals surface area contributed by atoms with E-state index in [4.69, 9.17) is 22.1 Å². The summed E-state index contributed by atoms with van der Waals surface area (Å²) >= 11 is 7.02. The minimum atomic E-state index is 0.586. The summed E-state index contributed by atoms with van der Waals surface area (Å²) in [6.07, 6.45) is 0.853. The number of nitrogen functional groups attached to an aromatic ring is 1. The number of hydrogen-bond acceptors (Lipinski definition) is 4. The lowest BCUT2D eigenvalue weighted by molar-refractivity contribution is 0.318. The Morgan fingerprint density at radius 2 is 2.06 bits per heavy atom. The second-order valence-electron chi connectivity index (χ2n) is 3.49. The summed E-state index contributed by atoms with van der Waals surface area (Å²) in [6, 6.07) is 7.81. The molecule has 2 N–H and O–H groups in total. The maximum absolute atomic E-state index is 5.60. The summed E-state index contributed by atoms with van der Waals surface area (Å²) in [6.45, 7) is 0.645. The van der Waals surface area contributed by atoms with Crippen molar-refractivity contribution in [1.82, 2.24) is 4.98 Å². The standard InChI is InChI=1S/C12H13ClN2OS/c13-6-1-7-16-10-4-2-9(3-5-10)11-8-17-12(14)15-11/h2-5,8H,1,6-7H2,(H2,14,15). The quantitative estimate of drug-likeness (QED) is 0.668. The Labute approximate surface area is 109 Å². The molecular formula is C12H13ClN2OS. The lowest BCUT2D eigenvalue weighted by Crippen LogP contribution is -1.97. The normalized spacial score (nSPS) is 10.4. The smallest absolute Gasteiger partial charge is 0.180 e. The van der Waals surface area contributed by atoms with Gasteiger partial charge in [0.15, 0.2) is 5.13 Å². The molecule has 1 aromatic carbocycles. The van der Waals surface area contributed by atoms with Crippen LogP contribution in [0.4, 0.5) is 5.13 Å². The molecule has 1 aromatic heterocycles. The molecule has 0 atom stereocenters. The molecule has 0 fully saturated rings. The van der Waals surface area contributed by atoms with Crippen molar-refractivity contribution in [2.75, 3.05) is 18.2 Å². The van der Waals surface area contributed by atoms with Crippen LogP contribution in [0, 0.1) is 0 Å². The second-order valence-corrected chi connectivity index (χ2v) is 4.75. The Hall–Kier alpha value is -1.26. The van der Waals surface area contributed by atoms with Crippen molar-refractivity contribution in [2.24, 2.45) is 0 Å². The molecule has 0 saturated carbocycles. The highest BCUT2D eigenvalue weighted by atomic mass is 35.5. The maximum atomic E-state index is 5.60. The predicted molar refractivity (Wildman–Crippen MR) is 72.8 cm³/mol. The topological polar surface area (TPSA) is 48.1 Å². The largest absolute Gasteiger partial charge is 0.494 e. The maximum Gasteiger partial charge on any atom is 0.180 e. The molecule has 1 heterocycles.